The summed E-state index contributed by atoms with van der Waals surface area (Å²) in [6.45, 7) is 6.28. The minimum Gasteiger partial charge on any atom is -0.488 e. The molecule has 1 aliphatic carbocycles. The fourth-order valence-corrected chi connectivity index (χ4v) is 5.12. The zero-order valence-electron chi connectivity index (χ0n) is 22.8. The van der Waals surface area contributed by atoms with Crippen LogP contribution < -0.4 is 24.8 Å². The molecule has 0 aromatic heterocycles. The summed E-state index contributed by atoms with van der Waals surface area (Å²) in [5.41, 5.74) is 1.80. The molecule has 10 heteroatoms. The van der Waals surface area contributed by atoms with Crippen molar-refractivity contribution in [1.82, 2.24) is 9.80 Å². The number of urea groups is 1. The molecule has 39 heavy (non-hydrogen) atoms. The van der Waals surface area contributed by atoms with Crippen LogP contribution in [-0.4, -0.2) is 79.1 Å². The van der Waals surface area contributed by atoms with Crippen molar-refractivity contribution < 1.29 is 28.9 Å². The van der Waals surface area contributed by atoms with Gasteiger partial charge in [0.1, 0.15) is 11.9 Å². The third kappa shape index (κ3) is 6.75. The Balaban J connectivity index is 1.34. The van der Waals surface area contributed by atoms with Gasteiger partial charge in [0.2, 0.25) is 12.7 Å². The Labute approximate surface area is 229 Å². The minimum atomic E-state index is -0.423. The second kappa shape index (κ2) is 11.7. The highest BCUT2D eigenvalue weighted by Crippen LogP contribution is 2.35. The number of carbonyl (C=O) groups excluding carboxylic acids is 2. The first-order valence-corrected chi connectivity index (χ1v) is 13.6. The molecule has 1 fully saturated rings. The molecule has 0 bridgehead atoms. The predicted octanol–water partition coefficient (Wildman–Crippen LogP) is 3.55. The first-order valence-electron chi connectivity index (χ1n) is 13.6. The number of carbonyl (C=O) groups is 2. The molecule has 2 aromatic carbocycles. The largest absolute Gasteiger partial charge is 0.488 e. The van der Waals surface area contributed by atoms with Crippen LogP contribution in [0.1, 0.15) is 32.3 Å². The fraction of sp³-hybridized carbons (Fsp3) is 0.517. The highest BCUT2D eigenvalue weighted by molar-refractivity contribution is 6.00. The molecule has 0 unspecified atom stereocenters. The van der Waals surface area contributed by atoms with E-state index in [0.29, 0.717) is 40.7 Å². The van der Waals surface area contributed by atoms with Crippen LogP contribution in [0.3, 0.4) is 0 Å². The molecule has 0 spiro atoms. The first-order chi connectivity index (χ1) is 18.8. The number of rotatable bonds is 8. The van der Waals surface area contributed by atoms with Crippen LogP contribution in [-0.2, 0) is 11.2 Å². The van der Waals surface area contributed by atoms with Crippen molar-refractivity contribution in [2.45, 2.75) is 45.3 Å². The molecular weight excluding hydrogens is 500 g/mol. The highest BCUT2D eigenvalue weighted by Gasteiger charge is 2.32. The highest BCUT2D eigenvalue weighted by atomic mass is 16.7. The third-order valence-electron chi connectivity index (χ3n) is 7.56. The summed E-state index contributed by atoms with van der Waals surface area (Å²) in [5.74, 6) is 2.59. The minimum absolute atomic E-state index is 0.0563. The molecular formula is C29H38N4O6. The van der Waals surface area contributed by atoms with Crippen molar-refractivity contribution in [3.63, 3.8) is 0 Å². The number of aliphatic hydroxyl groups is 1. The number of nitrogens with one attached hydrogen (secondary N) is 2. The molecule has 0 saturated heterocycles. The zero-order chi connectivity index (χ0) is 27.5. The summed E-state index contributed by atoms with van der Waals surface area (Å²) in [6.07, 6.45) is 2.53. The zero-order valence-corrected chi connectivity index (χ0v) is 22.8. The summed E-state index contributed by atoms with van der Waals surface area (Å²) in [7, 11) is 2.12. The number of benzene rings is 2. The van der Waals surface area contributed by atoms with Crippen molar-refractivity contribution in [3.05, 3.63) is 42.0 Å². The normalized spacial score (nSPS) is 21.4. The van der Waals surface area contributed by atoms with E-state index in [9.17, 15) is 14.7 Å². The molecule has 0 radical (unpaired) electrons. The lowest BCUT2D eigenvalue weighted by Crippen LogP contribution is -2.47. The number of anilines is 2. The molecule has 3 atom stereocenters. The number of nitrogens with zero attached hydrogens (tertiary/aromatic N) is 2. The van der Waals surface area contributed by atoms with E-state index in [1.165, 1.54) is 12.8 Å². The number of hydrogen-bond acceptors (Lipinski definition) is 7. The maximum atomic E-state index is 13.4. The number of hydrogen-bond donors (Lipinski definition) is 3. The molecule has 2 aromatic rings. The first kappa shape index (κ1) is 27.1. The van der Waals surface area contributed by atoms with Crippen LogP contribution in [0.4, 0.5) is 16.2 Å². The van der Waals surface area contributed by atoms with Gasteiger partial charge in [-0.3, -0.25) is 4.79 Å². The van der Waals surface area contributed by atoms with Crippen LogP contribution in [0.5, 0.6) is 17.2 Å². The molecule has 3 amide bonds. The van der Waals surface area contributed by atoms with Gasteiger partial charge in [-0.2, -0.15) is 0 Å². The van der Waals surface area contributed by atoms with E-state index in [1.54, 1.807) is 35.2 Å². The van der Waals surface area contributed by atoms with Crippen LogP contribution in [0.15, 0.2) is 36.4 Å². The monoisotopic (exact) mass is 538 g/mol. The van der Waals surface area contributed by atoms with Gasteiger partial charge < -0.3 is 39.8 Å². The Hall–Kier alpha value is -3.50. The van der Waals surface area contributed by atoms with E-state index >= 15 is 0 Å². The van der Waals surface area contributed by atoms with E-state index in [4.69, 9.17) is 14.2 Å². The van der Waals surface area contributed by atoms with Gasteiger partial charge in [-0.25, -0.2) is 4.79 Å². The van der Waals surface area contributed by atoms with Crippen LogP contribution in [0.2, 0.25) is 0 Å². The molecule has 10 nitrogen and oxygen atoms in total. The summed E-state index contributed by atoms with van der Waals surface area (Å²) >= 11 is 0. The van der Waals surface area contributed by atoms with E-state index < -0.39 is 6.03 Å². The van der Waals surface area contributed by atoms with Crippen molar-refractivity contribution in [2.24, 2.45) is 11.8 Å². The van der Waals surface area contributed by atoms with E-state index in [0.717, 1.165) is 19.0 Å². The van der Waals surface area contributed by atoms with Crippen LogP contribution in [0.25, 0.3) is 0 Å². The van der Waals surface area contributed by atoms with Crippen LogP contribution in [0, 0.1) is 11.8 Å². The van der Waals surface area contributed by atoms with E-state index in [-0.39, 0.29) is 43.8 Å². The Kier molecular flexibility index (Phi) is 8.13. The third-order valence-corrected chi connectivity index (χ3v) is 7.56. The number of fused-ring (bicyclic) bond motifs is 2. The topological polar surface area (TPSA) is 113 Å². The summed E-state index contributed by atoms with van der Waals surface area (Å²) in [5, 5.41) is 15.5. The second-order valence-corrected chi connectivity index (χ2v) is 11.0. The Morgan fingerprint density at radius 2 is 1.77 bits per heavy atom. The predicted molar refractivity (Wildman–Crippen MR) is 147 cm³/mol. The van der Waals surface area contributed by atoms with Gasteiger partial charge in [-0.1, -0.05) is 6.92 Å². The van der Waals surface area contributed by atoms with Crippen molar-refractivity contribution in [3.8, 4) is 17.2 Å². The molecule has 1 saturated carbocycles. The molecule has 210 valence electrons. The van der Waals surface area contributed by atoms with E-state index in [1.807, 2.05) is 13.0 Å². The summed E-state index contributed by atoms with van der Waals surface area (Å²) in [6, 6.07) is 9.85. The lowest BCUT2D eigenvalue weighted by Gasteiger charge is -2.34. The lowest BCUT2D eigenvalue weighted by molar-refractivity contribution is -0.134. The standard InChI is InChI=1S/C29H38N4O6/c1-18-13-33(19(2)16-34)28(35)11-21-10-22(6-8-24(21)39-27(18)15-32(3)14-20-4-5-20)30-29(36)31-23-7-9-25-26(12-23)38-17-37-25/h6-10,12,18-20,27,34H,4-5,11,13-17H2,1-3H3,(H2,30,31,36)/t18-,19+,27-/m0/s1. The SMILES string of the molecule is C[C@H](CO)N1C[C@H](C)[C@H](CN(C)CC2CC2)Oc2ccc(NC(=O)Nc3ccc4c(c3)OCO4)cc2CC1=O. The van der Waals surface area contributed by atoms with Crippen molar-refractivity contribution in [2.75, 3.05) is 50.7 Å². The van der Waals surface area contributed by atoms with Gasteiger partial charge in [-0.05, 0) is 63.1 Å². The maximum absolute atomic E-state index is 13.4. The maximum Gasteiger partial charge on any atom is 0.323 e. The van der Waals surface area contributed by atoms with Gasteiger partial charge in [0, 0.05) is 48.6 Å². The van der Waals surface area contributed by atoms with Gasteiger partial charge >= 0.3 is 6.03 Å². The van der Waals surface area contributed by atoms with Crippen LogP contribution >= 0.6 is 0 Å². The second-order valence-electron chi connectivity index (χ2n) is 11.0. The molecule has 5 rings (SSSR count). The number of aliphatic hydroxyl groups excluding tert-OH is 1. The van der Waals surface area contributed by atoms with Gasteiger partial charge in [-0.15, -0.1) is 0 Å². The number of amides is 3. The Morgan fingerprint density at radius 3 is 2.49 bits per heavy atom. The average molecular weight is 539 g/mol. The van der Waals surface area contributed by atoms with Crippen molar-refractivity contribution >= 4 is 23.3 Å². The van der Waals surface area contributed by atoms with E-state index in [2.05, 4.69) is 29.5 Å². The molecule has 3 aliphatic rings. The molecule has 2 aliphatic heterocycles. The fourth-order valence-electron chi connectivity index (χ4n) is 5.12. The summed E-state index contributed by atoms with van der Waals surface area (Å²) in [4.78, 5) is 30.2. The van der Waals surface area contributed by atoms with Gasteiger partial charge in [0.05, 0.1) is 19.1 Å². The number of likely N-dealkylation sites (N-methyl/N-ethyl adjacent to an activating group) is 1. The van der Waals surface area contributed by atoms with Gasteiger partial charge in [0.25, 0.3) is 0 Å². The van der Waals surface area contributed by atoms with Crippen molar-refractivity contribution in [1.29, 1.82) is 0 Å². The Bertz CT molecular complexity index is 1200. The van der Waals surface area contributed by atoms with Gasteiger partial charge in [0.15, 0.2) is 11.5 Å². The smallest absolute Gasteiger partial charge is 0.323 e. The quantitative estimate of drug-likeness (QED) is 0.471. The number of ether oxygens (including phenoxy) is 3. The Morgan fingerprint density at radius 1 is 1.08 bits per heavy atom. The molecule has 3 N–H and O–H groups in total. The average Bonchev–Trinajstić information content (AvgIpc) is 3.58. The lowest BCUT2D eigenvalue weighted by atomic mass is 10.0. The molecule has 2 heterocycles. The summed E-state index contributed by atoms with van der Waals surface area (Å²) < 4.78 is 17.3.